The van der Waals surface area contributed by atoms with Gasteiger partial charge in [-0.1, -0.05) is 23.3 Å². The lowest BCUT2D eigenvalue weighted by Gasteiger charge is -2.26. The molecule has 0 spiro atoms. The van der Waals surface area contributed by atoms with E-state index in [0.29, 0.717) is 31.0 Å². The Labute approximate surface area is 185 Å². The monoisotopic (exact) mass is 436 g/mol. The number of amides is 3. The quantitative estimate of drug-likeness (QED) is 0.670. The summed E-state index contributed by atoms with van der Waals surface area (Å²) in [7, 11) is 0. The van der Waals surface area contributed by atoms with Crippen molar-refractivity contribution in [1.29, 1.82) is 0 Å². The van der Waals surface area contributed by atoms with Crippen LogP contribution in [0.2, 0.25) is 0 Å². The lowest BCUT2D eigenvalue weighted by molar-refractivity contribution is -0.0584. The molecule has 0 aromatic heterocycles. The number of carbonyl (C=O) groups excluding carboxylic acids is 4. The van der Waals surface area contributed by atoms with Crippen LogP contribution in [0.4, 0.5) is 4.79 Å². The molecule has 8 nitrogen and oxygen atoms in total. The van der Waals surface area contributed by atoms with Gasteiger partial charge >= 0.3 is 12.1 Å². The second-order valence-electron chi connectivity index (χ2n) is 8.78. The van der Waals surface area contributed by atoms with Crippen molar-refractivity contribution in [2.24, 2.45) is 0 Å². The first-order valence-corrected chi connectivity index (χ1v) is 10.4. The van der Waals surface area contributed by atoms with Crippen LogP contribution in [0.15, 0.2) is 42.5 Å². The molecule has 0 saturated carbocycles. The molecule has 0 N–H and O–H groups in total. The molecule has 0 saturated heterocycles. The average Bonchev–Trinajstić information content (AvgIpc) is 2.89. The van der Waals surface area contributed by atoms with Crippen molar-refractivity contribution >= 4 is 23.9 Å². The van der Waals surface area contributed by atoms with E-state index < -0.39 is 23.4 Å². The number of hydroxylamine groups is 2. The van der Waals surface area contributed by atoms with Crippen molar-refractivity contribution in [3.8, 4) is 0 Å². The zero-order valence-corrected chi connectivity index (χ0v) is 18.2. The molecule has 166 valence electrons. The fraction of sp³-hybridized carbons (Fsp3) is 0.333. The van der Waals surface area contributed by atoms with E-state index in [1.807, 2.05) is 26.8 Å². The maximum atomic E-state index is 12.7. The van der Waals surface area contributed by atoms with Gasteiger partial charge in [-0.15, -0.1) is 0 Å². The van der Waals surface area contributed by atoms with Gasteiger partial charge in [0.25, 0.3) is 11.8 Å². The van der Waals surface area contributed by atoms with Crippen LogP contribution in [0, 0.1) is 0 Å². The summed E-state index contributed by atoms with van der Waals surface area (Å²) in [6.07, 6.45) is 0.806. The van der Waals surface area contributed by atoms with Crippen LogP contribution >= 0.6 is 0 Å². The molecule has 0 radical (unpaired) electrons. The van der Waals surface area contributed by atoms with Crippen LogP contribution < -0.4 is 0 Å². The zero-order valence-electron chi connectivity index (χ0n) is 18.2. The van der Waals surface area contributed by atoms with E-state index in [1.54, 1.807) is 29.2 Å². The third kappa shape index (κ3) is 4.21. The standard InChI is InChI=1S/C24H24N2O6/c1-24(2,3)31-23(30)25-12-10-15-8-9-17(14-16(15)11-13-25)22(29)32-26-20(27)18-6-4-5-7-19(18)21(26)28/h4-9,14H,10-13H2,1-3H3. The van der Waals surface area contributed by atoms with Gasteiger partial charge in [0.05, 0.1) is 16.7 Å². The summed E-state index contributed by atoms with van der Waals surface area (Å²) >= 11 is 0. The van der Waals surface area contributed by atoms with Crippen LogP contribution in [0.3, 0.4) is 0 Å². The molecule has 3 amide bonds. The first-order valence-electron chi connectivity index (χ1n) is 10.4. The highest BCUT2D eigenvalue weighted by Crippen LogP contribution is 2.24. The number of imide groups is 1. The zero-order chi connectivity index (χ0) is 23.0. The van der Waals surface area contributed by atoms with Crippen LogP contribution in [0.25, 0.3) is 0 Å². The Kier molecular flexibility index (Phi) is 5.46. The van der Waals surface area contributed by atoms with Gasteiger partial charge < -0.3 is 14.5 Å². The van der Waals surface area contributed by atoms with E-state index in [-0.39, 0.29) is 22.8 Å². The second-order valence-corrected chi connectivity index (χ2v) is 8.78. The highest BCUT2D eigenvalue weighted by molar-refractivity contribution is 6.21. The topological polar surface area (TPSA) is 93.2 Å². The third-order valence-corrected chi connectivity index (χ3v) is 5.33. The molecule has 0 fully saturated rings. The lowest BCUT2D eigenvalue weighted by Crippen LogP contribution is -2.38. The average molecular weight is 436 g/mol. The van der Waals surface area contributed by atoms with E-state index >= 15 is 0 Å². The number of nitrogens with zero attached hydrogens (tertiary/aromatic N) is 2. The molecule has 2 aliphatic heterocycles. The predicted molar refractivity (Wildman–Crippen MR) is 114 cm³/mol. The molecular formula is C24H24N2O6. The van der Waals surface area contributed by atoms with Crippen LogP contribution in [-0.2, 0) is 22.4 Å². The van der Waals surface area contributed by atoms with Crippen molar-refractivity contribution in [3.05, 3.63) is 70.3 Å². The van der Waals surface area contributed by atoms with Crippen molar-refractivity contribution in [3.63, 3.8) is 0 Å². The minimum Gasteiger partial charge on any atom is -0.444 e. The van der Waals surface area contributed by atoms with Crippen LogP contribution in [0.5, 0.6) is 0 Å². The number of benzene rings is 2. The fourth-order valence-electron chi connectivity index (χ4n) is 3.75. The van der Waals surface area contributed by atoms with Gasteiger partial charge in [-0.25, -0.2) is 9.59 Å². The van der Waals surface area contributed by atoms with Crippen molar-refractivity contribution in [2.75, 3.05) is 13.1 Å². The van der Waals surface area contributed by atoms with Gasteiger partial charge in [0.2, 0.25) is 0 Å². The molecule has 0 aliphatic carbocycles. The third-order valence-electron chi connectivity index (χ3n) is 5.33. The Morgan fingerprint density at radius 2 is 1.47 bits per heavy atom. The Balaban J connectivity index is 1.46. The maximum Gasteiger partial charge on any atom is 0.410 e. The van der Waals surface area contributed by atoms with E-state index in [4.69, 9.17) is 9.57 Å². The molecule has 0 unspecified atom stereocenters. The lowest BCUT2D eigenvalue weighted by atomic mass is 10.0. The molecule has 0 atom stereocenters. The summed E-state index contributed by atoms with van der Waals surface area (Å²) in [5.41, 5.74) is 1.99. The minimum absolute atomic E-state index is 0.203. The van der Waals surface area contributed by atoms with E-state index in [0.717, 1.165) is 11.1 Å². The normalized spacial score (nSPS) is 15.7. The summed E-state index contributed by atoms with van der Waals surface area (Å²) in [6.45, 7) is 6.44. The van der Waals surface area contributed by atoms with E-state index in [1.165, 1.54) is 12.1 Å². The number of hydrogen-bond acceptors (Lipinski definition) is 6. The van der Waals surface area contributed by atoms with Crippen molar-refractivity contribution in [2.45, 2.75) is 39.2 Å². The second kappa shape index (κ2) is 8.11. The van der Waals surface area contributed by atoms with Crippen molar-refractivity contribution in [1.82, 2.24) is 9.96 Å². The minimum atomic E-state index is -0.796. The Hall–Kier alpha value is -3.68. The number of ether oxygens (including phenoxy) is 1. The highest BCUT2D eigenvalue weighted by Gasteiger charge is 2.39. The molecule has 8 heteroatoms. The summed E-state index contributed by atoms with van der Waals surface area (Å²) in [4.78, 5) is 56.8. The van der Waals surface area contributed by atoms with E-state index in [2.05, 4.69) is 0 Å². The van der Waals surface area contributed by atoms with Gasteiger partial charge in [0.1, 0.15) is 5.60 Å². The Bertz CT molecular complexity index is 1080. The van der Waals surface area contributed by atoms with Gasteiger partial charge in [0.15, 0.2) is 0 Å². The number of rotatable bonds is 2. The van der Waals surface area contributed by atoms with Crippen LogP contribution in [-0.4, -0.2) is 52.5 Å². The van der Waals surface area contributed by atoms with Gasteiger partial charge in [-0.2, -0.15) is 0 Å². The molecule has 2 aromatic rings. The SMILES string of the molecule is CC(C)(C)OC(=O)N1CCc2ccc(C(=O)ON3C(=O)c4ccccc4C3=O)cc2CC1. The Morgan fingerprint density at radius 1 is 0.875 bits per heavy atom. The smallest absolute Gasteiger partial charge is 0.410 e. The highest BCUT2D eigenvalue weighted by atomic mass is 16.7. The Morgan fingerprint density at radius 3 is 2.06 bits per heavy atom. The summed E-state index contributed by atoms with van der Waals surface area (Å²) in [5, 5.41) is 0.503. The number of fused-ring (bicyclic) bond motifs is 2. The molecule has 4 rings (SSSR count). The first kappa shape index (κ1) is 21.5. The molecular weight excluding hydrogens is 412 g/mol. The van der Waals surface area contributed by atoms with Gasteiger partial charge in [0, 0.05) is 13.1 Å². The molecule has 0 bridgehead atoms. The number of hydrogen-bond donors (Lipinski definition) is 0. The summed E-state index contributed by atoms with van der Waals surface area (Å²) in [6, 6.07) is 11.4. The van der Waals surface area contributed by atoms with Crippen LogP contribution in [0.1, 0.15) is 63.0 Å². The van der Waals surface area contributed by atoms with E-state index in [9.17, 15) is 19.2 Å². The van der Waals surface area contributed by atoms with Crippen molar-refractivity contribution < 1.29 is 28.8 Å². The van der Waals surface area contributed by atoms with Gasteiger partial charge in [-0.3, -0.25) is 9.59 Å². The maximum absolute atomic E-state index is 12.7. The predicted octanol–water partition coefficient (Wildman–Crippen LogP) is 3.39. The fourth-order valence-corrected chi connectivity index (χ4v) is 3.75. The molecule has 2 aliphatic rings. The molecule has 2 heterocycles. The molecule has 32 heavy (non-hydrogen) atoms. The number of carbonyl (C=O) groups is 4. The summed E-state index contributed by atoms with van der Waals surface area (Å²) < 4.78 is 5.46. The van der Waals surface area contributed by atoms with Gasteiger partial charge in [-0.05, 0) is 69.0 Å². The largest absolute Gasteiger partial charge is 0.444 e. The molecule has 2 aromatic carbocycles. The first-order chi connectivity index (χ1) is 15.1. The summed E-state index contributed by atoms with van der Waals surface area (Å²) in [5.74, 6) is -2.13.